The third-order valence-corrected chi connectivity index (χ3v) is 4.10. The van der Waals surface area contributed by atoms with Crippen LogP contribution in [0.25, 0.3) is 0 Å². The van der Waals surface area contributed by atoms with Crippen LogP contribution in [-0.4, -0.2) is 30.1 Å². The van der Waals surface area contributed by atoms with E-state index in [1.54, 1.807) is 6.20 Å². The predicted molar refractivity (Wildman–Crippen MR) is 91.2 cm³/mol. The Morgan fingerprint density at radius 3 is 2.83 bits per heavy atom. The van der Waals surface area contributed by atoms with Crippen molar-refractivity contribution in [3.05, 3.63) is 23.9 Å². The monoisotopic (exact) mass is 319 g/mol. The van der Waals surface area contributed by atoms with Crippen LogP contribution in [0.3, 0.4) is 0 Å². The topological polar surface area (TPSA) is 63.2 Å². The number of ether oxygens (including phenoxy) is 1. The Morgan fingerprint density at radius 1 is 1.39 bits per heavy atom. The minimum absolute atomic E-state index is 0.139. The fourth-order valence-electron chi connectivity index (χ4n) is 2.96. The van der Waals surface area contributed by atoms with Crippen molar-refractivity contribution in [2.45, 2.75) is 52.7 Å². The maximum absolute atomic E-state index is 12.2. The van der Waals surface area contributed by atoms with Crippen LogP contribution in [0.4, 0.5) is 0 Å². The van der Waals surface area contributed by atoms with Gasteiger partial charge in [0.1, 0.15) is 0 Å². The second kappa shape index (κ2) is 8.87. The summed E-state index contributed by atoms with van der Waals surface area (Å²) in [5.41, 5.74) is 1.02. The Kier molecular flexibility index (Phi) is 6.84. The Hall–Kier alpha value is -1.62. The Balaban J connectivity index is 1.83. The molecule has 1 aliphatic rings. The molecule has 23 heavy (non-hydrogen) atoms. The molecule has 1 amide bonds. The highest BCUT2D eigenvalue weighted by Gasteiger charge is 2.20. The number of pyridine rings is 1. The van der Waals surface area contributed by atoms with E-state index in [1.165, 1.54) is 0 Å². The van der Waals surface area contributed by atoms with Gasteiger partial charge in [0.15, 0.2) is 0 Å². The second-order valence-electron chi connectivity index (χ2n) is 6.80. The van der Waals surface area contributed by atoms with E-state index in [0.29, 0.717) is 18.3 Å². The van der Waals surface area contributed by atoms with Gasteiger partial charge in [0.05, 0.1) is 6.10 Å². The molecule has 5 nitrogen and oxygen atoms in total. The average molecular weight is 319 g/mol. The van der Waals surface area contributed by atoms with Crippen LogP contribution >= 0.6 is 0 Å². The van der Waals surface area contributed by atoms with E-state index in [2.05, 4.69) is 36.4 Å². The minimum atomic E-state index is 0.139. The Morgan fingerprint density at radius 2 is 2.13 bits per heavy atom. The standard InChI is InChI=1S/C18H29N3O2/c1-13(2)10-14(3)23-17-11-15(4-9-20-17)12-21-18(22)16-5-7-19-8-6-16/h4,9,11,13-14,16,19H,5-8,10,12H2,1-3H3,(H,21,22). The number of hydrogen-bond acceptors (Lipinski definition) is 4. The maximum atomic E-state index is 12.2. The largest absolute Gasteiger partial charge is 0.475 e. The van der Waals surface area contributed by atoms with Crippen LogP contribution in [0, 0.1) is 11.8 Å². The molecule has 1 aliphatic heterocycles. The molecule has 1 fully saturated rings. The molecule has 2 N–H and O–H groups in total. The average Bonchev–Trinajstić information content (AvgIpc) is 2.53. The second-order valence-corrected chi connectivity index (χ2v) is 6.80. The van der Waals surface area contributed by atoms with Crippen molar-refractivity contribution in [2.24, 2.45) is 11.8 Å². The number of carbonyl (C=O) groups excluding carboxylic acids is 1. The first-order valence-corrected chi connectivity index (χ1v) is 8.64. The summed E-state index contributed by atoms with van der Waals surface area (Å²) in [6.45, 7) is 8.81. The van der Waals surface area contributed by atoms with Crippen LogP contribution in [0.1, 0.15) is 45.6 Å². The van der Waals surface area contributed by atoms with Crippen LogP contribution in [0.15, 0.2) is 18.3 Å². The highest BCUT2D eigenvalue weighted by Crippen LogP contribution is 2.16. The van der Waals surface area contributed by atoms with Gasteiger partial charge in [0, 0.05) is 24.7 Å². The summed E-state index contributed by atoms with van der Waals surface area (Å²) in [7, 11) is 0. The van der Waals surface area contributed by atoms with Crippen molar-refractivity contribution in [1.82, 2.24) is 15.6 Å². The fraction of sp³-hybridized carbons (Fsp3) is 0.667. The normalized spacial score (nSPS) is 17.0. The third-order valence-electron chi connectivity index (χ3n) is 4.10. The highest BCUT2D eigenvalue weighted by atomic mass is 16.5. The van der Waals surface area contributed by atoms with Gasteiger partial charge in [-0.15, -0.1) is 0 Å². The molecule has 1 unspecified atom stereocenters. The number of piperidine rings is 1. The summed E-state index contributed by atoms with van der Waals surface area (Å²) in [4.78, 5) is 16.4. The summed E-state index contributed by atoms with van der Waals surface area (Å²) in [6.07, 6.45) is 4.72. The summed E-state index contributed by atoms with van der Waals surface area (Å²) in [5.74, 6) is 1.52. The molecule has 1 aromatic rings. The molecule has 1 aromatic heterocycles. The van der Waals surface area contributed by atoms with Gasteiger partial charge in [0.2, 0.25) is 11.8 Å². The lowest BCUT2D eigenvalue weighted by Crippen LogP contribution is -2.37. The first-order chi connectivity index (χ1) is 11.0. The van der Waals surface area contributed by atoms with Gasteiger partial charge in [-0.05, 0) is 56.8 Å². The van der Waals surface area contributed by atoms with Crippen molar-refractivity contribution in [3.8, 4) is 5.88 Å². The molecule has 128 valence electrons. The van der Waals surface area contributed by atoms with Crippen molar-refractivity contribution < 1.29 is 9.53 Å². The smallest absolute Gasteiger partial charge is 0.223 e. The maximum Gasteiger partial charge on any atom is 0.223 e. The van der Waals surface area contributed by atoms with E-state index in [-0.39, 0.29) is 17.9 Å². The number of hydrogen-bond donors (Lipinski definition) is 2. The molecule has 2 rings (SSSR count). The first kappa shape index (κ1) is 17.7. The lowest BCUT2D eigenvalue weighted by Gasteiger charge is -2.21. The highest BCUT2D eigenvalue weighted by molar-refractivity contribution is 5.78. The molecular weight excluding hydrogens is 290 g/mol. The van der Waals surface area contributed by atoms with E-state index >= 15 is 0 Å². The molecule has 1 saturated heterocycles. The molecule has 0 aliphatic carbocycles. The molecule has 5 heteroatoms. The van der Waals surface area contributed by atoms with E-state index in [4.69, 9.17) is 4.74 Å². The van der Waals surface area contributed by atoms with Crippen LogP contribution in [-0.2, 0) is 11.3 Å². The summed E-state index contributed by atoms with van der Waals surface area (Å²) < 4.78 is 5.86. The summed E-state index contributed by atoms with van der Waals surface area (Å²) in [5, 5.41) is 6.31. The SMILES string of the molecule is CC(C)CC(C)Oc1cc(CNC(=O)C2CCNCC2)ccn1. The van der Waals surface area contributed by atoms with E-state index in [9.17, 15) is 4.79 Å². The molecular formula is C18H29N3O2. The molecule has 0 aromatic carbocycles. The molecule has 0 spiro atoms. The number of nitrogens with one attached hydrogen (secondary N) is 2. The third kappa shape index (κ3) is 6.18. The molecule has 0 radical (unpaired) electrons. The van der Waals surface area contributed by atoms with Gasteiger partial charge in [-0.25, -0.2) is 4.98 Å². The van der Waals surface area contributed by atoms with Crippen molar-refractivity contribution in [1.29, 1.82) is 0 Å². The Labute approximate surface area is 139 Å². The summed E-state index contributed by atoms with van der Waals surface area (Å²) >= 11 is 0. The number of nitrogens with zero attached hydrogens (tertiary/aromatic N) is 1. The zero-order valence-corrected chi connectivity index (χ0v) is 14.5. The summed E-state index contributed by atoms with van der Waals surface area (Å²) in [6, 6.07) is 3.84. The molecule has 1 atom stereocenters. The van der Waals surface area contributed by atoms with E-state index in [1.807, 2.05) is 12.1 Å². The van der Waals surface area contributed by atoms with Crippen molar-refractivity contribution >= 4 is 5.91 Å². The van der Waals surface area contributed by atoms with Crippen LogP contribution in [0.5, 0.6) is 5.88 Å². The number of amides is 1. The van der Waals surface area contributed by atoms with E-state index in [0.717, 1.165) is 37.9 Å². The van der Waals surface area contributed by atoms with Gasteiger partial charge >= 0.3 is 0 Å². The molecule has 0 saturated carbocycles. The van der Waals surface area contributed by atoms with Gasteiger partial charge < -0.3 is 15.4 Å². The minimum Gasteiger partial charge on any atom is -0.475 e. The lowest BCUT2D eigenvalue weighted by atomic mass is 9.97. The van der Waals surface area contributed by atoms with Crippen molar-refractivity contribution in [3.63, 3.8) is 0 Å². The number of carbonyl (C=O) groups is 1. The van der Waals surface area contributed by atoms with Crippen LogP contribution < -0.4 is 15.4 Å². The number of rotatable bonds is 7. The van der Waals surface area contributed by atoms with Crippen molar-refractivity contribution in [2.75, 3.05) is 13.1 Å². The number of aromatic nitrogens is 1. The van der Waals surface area contributed by atoms with Gasteiger partial charge in [-0.1, -0.05) is 13.8 Å². The Bertz CT molecular complexity index is 499. The van der Waals surface area contributed by atoms with Gasteiger partial charge in [-0.3, -0.25) is 4.79 Å². The zero-order chi connectivity index (χ0) is 16.7. The fourth-order valence-corrected chi connectivity index (χ4v) is 2.96. The van der Waals surface area contributed by atoms with Gasteiger partial charge in [0.25, 0.3) is 0 Å². The molecule has 0 bridgehead atoms. The quantitative estimate of drug-likeness (QED) is 0.810. The van der Waals surface area contributed by atoms with Gasteiger partial charge in [-0.2, -0.15) is 0 Å². The lowest BCUT2D eigenvalue weighted by molar-refractivity contribution is -0.125. The van der Waals surface area contributed by atoms with Crippen LogP contribution in [0.2, 0.25) is 0 Å². The zero-order valence-electron chi connectivity index (χ0n) is 14.5. The first-order valence-electron chi connectivity index (χ1n) is 8.64. The molecule has 2 heterocycles. The predicted octanol–water partition coefficient (Wildman–Crippen LogP) is 2.51. The van der Waals surface area contributed by atoms with E-state index < -0.39 is 0 Å².